The Balaban J connectivity index is 1.81. The van der Waals surface area contributed by atoms with E-state index in [1.54, 1.807) is 31.2 Å². The van der Waals surface area contributed by atoms with Crippen molar-refractivity contribution in [1.29, 1.82) is 0 Å². The van der Waals surface area contributed by atoms with E-state index in [4.69, 9.17) is 4.74 Å². The van der Waals surface area contributed by atoms with Crippen molar-refractivity contribution >= 4 is 23.4 Å². The Morgan fingerprint density at radius 3 is 2.54 bits per heavy atom. The van der Waals surface area contributed by atoms with Gasteiger partial charge in [0.15, 0.2) is 0 Å². The number of benzene rings is 1. The van der Waals surface area contributed by atoms with Gasteiger partial charge < -0.3 is 19.9 Å². The van der Waals surface area contributed by atoms with Gasteiger partial charge in [-0.25, -0.2) is 14.8 Å². The topological polar surface area (TPSA) is 87.7 Å². The fourth-order valence-corrected chi connectivity index (χ4v) is 3.19. The third kappa shape index (κ3) is 4.45. The molecule has 2 aromatic rings. The third-order valence-corrected chi connectivity index (χ3v) is 4.76. The molecule has 148 valence electrons. The standard InChI is InChI=1S/C20H25N5O3/c1-4-24-9-11-25(12-10-24)19(26)17-13-18(22-14(2)21-17)23-16-8-6-5-7-15(16)20(27)28-3/h5-8,13H,4,9-12H2,1-3H3,(H,21,22,23). The molecule has 1 N–H and O–H groups in total. The maximum absolute atomic E-state index is 12.9. The number of carbonyl (C=O) groups is 2. The Morgan fingerprint density at radius 2 is 1.86 bits per heavy atom. The molecule has 0 atom stereocenters. The Hall–Kier alpha value is -3.00. The van der Waals surface area contributed by atoms with Crippen LogP contribution < -0.4 is 5.32 Å². The second kappa shape index (κ2) is 8.79. The first kappa shape index (κ1) is 19.8. The fourth-order valence-electron chi connectivity index (χ4n) is 3.19. The van der Waals surface area contributed by atoms with E-state index in [0.29, 0.717) is 41.7 Å². The average Bonchev–Trinajstić information content (AvgIpc) is 2.72. The van der Waals surface area contributed by atoms with Gasteiger partial charge in [-0.1, -0.05) is 19.1 Å². The summed E-state index contributed by atoms with van der Waals surface area (Å²) in [5.41, 5.74) is 1.29. The summed E-state index contributed by atoms with van der Waals surface area (Å²) in [6.45, 7) is 7.95. The second-order valence-electron chi connectivity index (χ2n) is 6.57. The van der Waals surface area contributed by atoms with Crippen molar-refractivity contribution in [2.75, 3.05) is 45.2 Å². The van der Waals surface area contributed by atoms with Crippen LogP contribution in [0.4, 0.5) is 11.5 Å². The fraction of sp³-hybridized carbons (Fsp3) is 0.400. The van der Waals surface area contributed by atoms with Crippen molar-refractivity contribution in [2.24, 2.45) is 0 Å². The SMILES string of the molecule is CCN1CCN(C(=O)c2cc(Nc3ccccc3C(=O)OC)nc(C)n2)CC1. The predicted molar refractivity (Wildman–Crippen MR) is 106 cm³/mol. The van der Waals surface area contributed by atoms with Gasteiger partial charge in [0.25, 0.3) is 5.91 Å². The van der Waals surface area contributed by atoms with Gasteiger partial charge in [0, 0.05) is 32.2 Å². The van der Waals surface area contributed by atoms with Crippen molar-refractivity contribution < 1.29 is 14.3 Å². The lowest BCUT2D eigenvalue weighted by Crippen LogP contribution is -2.48. The molecule has 1 aromatic heterocycles. The lowest BCUT2D eigenvalue weighted by molar-refractivity contribution is 0.0600. The summed E-state index contributed by atoms with van der Waals surface area (Å²) in [6.07, 6.45) is 0. The molecule has 0 radical (unpaired) electrons. The summed E-state index contributed by atoms with van der Waals surface area (Å²) in [5, 5.41) is 3.11. The monoisotopic (exact) mass is 383 g/mol. The number of hydrogen-bond donors (Lipinski definition) is 1. The van der Waals surface area contributed by atoms with E-state index in [1.165, 1.54) is 7.11 Å². The highest BCUT2D eigenvalue weighted by molar-refractivity contribution is 5.97. The molecule has 2 heterocycles. The Bertz CT molecular complexity index is 863. The number of nitrogens with zero attached hydrogens (tertiary/aromatic N) is 4. The highest BCUT2D eigenvalue weighted by Gasteiger charge is 2.23. The molecule has 1 aliphatic rings. The number of hydrogen-bond acceptors (Lipinski definition) is 7. The van der Waals surface area contributed by atoms with Crippen LogP contribution >= 0.6 is 0 Å². The van der Waals surface area contributed by atoms with E-state index in [-0.39, 0.29) is 5.91 Å². The van der Waals surface area contributed by atoms with Gasteiger partial charge in [-0.3, -0.25) is 4.79 Å². The van der Waals surface area contributed by atoms with Crippen LogP contribution in [0.15, 0.2) is 30.3 Å². The number of esters is 1. The third-order valence-electron chi connectivity index (χ3n) is 4.76. The molecule has 0 unspecified atom stereocenters. The normalized spacial score (nSPS) is 14.6. The molecule has 28 heavy (non-hydrogen) atoms. The van der Waals surface area contributed by atoms with Crippen LogP contribution in [-0.4, -0.2) is 71.5 Å². The maximum Gasteiger partial charge on any atom is 0.339 e. The highest BCUT2D eigenvalue weighted by atomic mass is 16.5. The van der Waals surface area contributed by atoms with E-state index < -0.39 is 5.97 Å². The van der Waals surface area contributed by atoms with Gasteiger partial charge in [0.1, 0.15) is 17.3 Å². The van der Waals surface area contributed by atoms with Gasteiger partial charge in [0.05, 0.1) is 18.4 Å². The quantitative estimate of drug-likeness (QED) is 0.791. The summed E-state index contributed by atoms with van der Waals surface area (Å²) in [7, 11) is 1.34. The van der Waals surface area contributed by atoms with E-state index in [0.717, 1.165) is 19.6 Å². The first-order chi connectivity index (χ1) is 13.5. The van der Waals surface area contributed by atoms with Gasteiger partial charge in [0.2, 0.25) is 0 Å². The highest BCUT2D eigenvalue weighted by Crippen LogP contribution is 2.21. The molecule has 0 bridgehead atoms. The van der Waals surface area contributed by atoms with Crippen LogP contribution in [0.5, 0.6) is 0 Å². The minimum atomic E-state index is -0.445. The largest absolute Gasteiger partial charge is 0.465 e. The van der Waals surface area contributed by atoms with Crippen LogP contribution in [0.25, 0.3) is 0 Å². The Labute approximate surface area is 164 Å². The number of ether oxygens (including phenoxy) is 1. The van der Waals surface area contributed by atoms with E-state index in [2.05, 4.69) is 27.1 Å². The maximum atomic E-state index is 12.9. The van der Waals surface area contributed by atoms with Crippen molar-refractivity contribution in [3.8, 4) is 0 Å². The predicted octanol–water partition coefficient (Wildman–Crippen LogP) is 2.09. The minimum absolute atomic E-state index is 0.106. The second-order valence-corrected chi connectivity index (χ2v) is 6.57. The number of anilines is 2. The van der Waals surface area contributed by atoms with E-state index >= 15 is 0 Å². The lowest BCUT2D eigenvalue weighted by Gasteiger charge is -2.33. The number of amides is 1. The van der Waals surface area contributed by atoms with E-state index in [9.17, 15) is 9.59 Å². The molecule has 0 spiro atoms. The van der Waals surface area contributed by atoms with Crippen molar-refractivity contribution in [3.63, 3.8) is 0 Å². The van der Waals surface area contributed by atoms with Crippen molar-refractivity contribution in [1.82, 2.24) is 19.8 Å². The van der Waals surface area contributed by atoms with Gasteiger partial charge in [-0.15, -0.1) is 0 Å². The van der Waals surface area contributed by atoms with Gasteiger partial charge >= 0.3 is 5.97 Å². The zero-order chi connectivity index (χ0) is 20.1. The smallest absolute Gasteiger partial charge is 0.339 e. The molecule has 0 saturated carbocycles. The molecule has 1 amide bonds. The zero-order valence-corrected chi connectivity index (χ0v) is 16.4. The average molecular weight is 383 g/mol. The first-order valence-electron chi connectivity index (χ1n) is 9.33. The number of aromatic nitrogens is 2. The number of carbonyl (C=O) groups excluding carboxylic acids is 2. The number of para-hydroxylation sites is 1. The van der Waals surface area contributed by atoms with Gasteiger partial charge in [-0.2, -0.15) is 0 Å². The number of methoxy groups -OCH3 is 1. The van der Waals surface area contributed by atoms with Crippen LogP contribution in [-0.2, 0) is 4.74 Å². The lowest BCUT2D eigenvalue weighted by atomic mass is 10.2. The number of aryl methyl sites for hydroxylation is 1. The van der Waals surface area contributed by atoms with Crippen molar-refractivity contribution in [3.05, 3.63) is 47.4 Å². The minimum Gasteiger partial charge on any atom is -0.465 e. The van der Waals surface area contributed by atoms with Crippen molar-refractivity contribution in [2.45, 2.75) is 13.8 Å². The molecule has 1 fully saturated rings. The first-order valence-corrected chi connectivity index (χ1v) is 9.33. The molecule has 1 aromatic carbocycles. The van der Waals surface area contributed by atoms with Gasteiger partial charge in [-0.05, 0) is 25.6 Å². The van der Waals surface area contributed by atoms with Crippen LogP contribution in [0.1, 0.15) is 33.6 Å². The Kier molecular flexibility index (Phi) is 6.20. The molecular weight excluding hydrogens is 358 g/mol. The summed E-state index contributed by atoms with van der Waals surface area (Å²) >= 11 is 0. The van der Waals surface area contributed by atoms with Crippen LogP contribution in [0.3, 0.4) is 0 Å². The summed E-state index contributed by atoms with van der Waals surface area (Å²) < 4.78 is 4.82. The molecule has 0 aliphatic carbocycles. The molecule has 1 aliphatic heterocycles. The molecular formula is C20H25N5O3. The number of likely N-dealkylation sites (N-methyl/N-ethyl adjacent to an activating group) is 1. The molecule has 8 nitrogen and oxygen atoms in total. The molecule has 1 saturated heterocycles. The summed E-state index contributed by atoms with van der Waals surface area (Å²) in [5.74, 6) is 0.389. The van der Waals surface area contributed by atoms with Crippen LogP contribution in [0.2, 0.25) is 0 Å². The molecule has 3 rings (SSSR count). The Morgan fingerprint density at radius 1 is 1.14 bits per heavy atom. The number of nitrogens with one attached hydrogen (secondary N) is 1. The van der Waals surface area contributed by atoms with Crippen LogP contribution in [0, 0.1) is 6.92 Å². The zero-order valence-electron chi connectivity index (χ0n) is 16.4. The van der Waals surface area contributed by atoms with E-state index in [1.807, 2.05) is 11.0 Å². The number of rotatable bonds is 5. The number of piperazine rings is 1. The molecule has 8 heteroatoms. The summed E-state index contributed by atoms with van der Waals surface area (Å²) in [4.78, 5) is 37.7. The summed E-state index contributed by atoms with van der Waals surface area (Å²) in [6, 6.07) is 8.61.